The molecule has 9 aromatic carbocycles. The van der Waals surface area contributed by atoms with Gasteiger partial charge in [-0.2, -0.15) is 0 Å². The summed E-state index contributed by atoms with van der Waals surface area (Å²) < 4.78 is 7.10. The van der Waals surface area contributed by atoms with Crippen molar-refractivity contribution in [3.05, 3.63) is 224 Å². The number of rotatable bonds is 7. The molecule has 0 amide bonds. The van der Waals surface area contributed by atoms with Gasteiger partial charge in [-0.25, -0.2) is 0 Å². The molecular formula is C54H37NO. The van der Waals surface area contributed by atoms with E-state index in [1.54, 1.807) is 0 Å². The summed E-state index contributed by atoms with van der Waals surface area (Å²) in [6.07, 6.45) is 0. The molecule has 0 bridgehead atoms. The van der Waals surface area contributed by atoms with Crippen molar-refractivity contribution in [2.24, 2.45) is 0 Å². The molecule has 9 aromatic rings. The molecule has 264 valence electrons. The molecule has 56 heavy (non-hydrogen) atoms. The van der Waals surface area contributed by atoms with E-state index in [2.05, 4.69) is 229 Å². The van der Waals surface area contributed by atoms with Gasteiger partial charge in [0.05, 0.1) is 5.69 Å². The van der Waals surface area contributed by atoms with Gasteiger partial charge in [-0.3, -0.25) is 0 Å². The molecule has 0 atom stereocenters. The Kier molecular flexibility index (Phi) is 8.55. The summed E-state index contributed by atoms with van der Waals surface area (Å²) in [6, 6.07) is 79.8. The highest BCUT2D eigenvalue weighted by Crippen LogP contribution is 2.54. The quantitative estimate of drug-likeness (QED) is 0.163. The van der Waals surface area contributed by atoms with Crippen LogP contribution in [0, 0.1) is 0 Å². The van der Waals surface area contributed by atoms with Crippen molar-refractivity contribution in [1.29, 1.82) is 0 Å². The predicted octanol–water partition coefficient (Wildman–Crippen LogP) is 15.3. The van der Waals surface area contributed by atoms with Crippen LogP contribution in [0.3, 0.4) is 0 Å². The van der Waals surface area contributed by atoms with Crippen LogP contribution in [0.2, 0.25) is 0 Å². The Morgan fingerprint density at radius 3 is 1.20 bits per heavy atom. The third-order valence-corrected chi connectivity index (χ3v) is 10.7. The lowest BCUT2D eigenvalue weighted by molar-refractivity contribution is 0.489. The topological polar surface area (TPSA) is 12.5 Å². The van der Waals surface area contributed by atoms with E-state index in [1.807, 2.05) is 0 Å². The second-order valence-electron chi connectivity index (χ2n) is 14.1. The van der Waals surface area contributed by atoms with Crippen LogP contribution in [0.15, 0.2) is 224 Å². The Bertz CT molecular complexity index is 2780. The predicted molar refractivity (Wildman–Crippen MR) is 234 cm³/mol. The molecule has 1 heterocycles. The fourth-order valence-corrected chi connectivity index (χ4v) is 7.96. The third-order valence-electron chi connectivity index (χ3n) is 10.7. The lowest BCUT2D eigenvalue weighted by atomic mass is 9.91. The highest BCUT2D eigenvalue weighted by Gasteiger charge is 2.28. The number of hydrogen-bond donors (Lipinski definition) is 0. The molecule has 2 heteroatoms. The van der Waals surface area contributed by atoms with Crippen LogP contribution in [0.4, 0.5) is 17.1 Å². The molecule has 1 aliphatic rings. The molecule has 0 N–H and O–H groups in total. The fraction of sp³-hybridized carbons (Fsp3) is 0. The molecule has 10 rings (SSSR count). The number of para-hydroxylation sites is 1. The normalized spacial score (nSPS) is 11.4. The standard InChI is InChI=1S/C54H37NO/c1-4-14-38(15-5-1)40-26-28-41(29-27-40)43-32-36-46(37-33-43)55(45-34-30-42(31-35-45)39-16-6-2-7-17-39)51-24-13-25-52-53(51)49-21-11-10-20-48(49)50-23-12-22-47(54(50)56-52)44-18-8-3-9-19-44/h1-37H. The van der Waals surface area contributed by atoms with Crippen LogP contribution in [0.25, 0.3) is 66.8 Å². The van der Waals surface area contributed by atoms with Crippen molar-refractivity contribution < 1.29 is 4.74 Å². The third kappa shape index (κ3) is 6.14. The number of fused-ring (bicyclic) bond motifs is 5. The van der Waals surface area contributed by atoms with Crippen LogP contribution < -0.4 is 9.64 Å². The first-order valence-electron chi connectivity index (χ1n) is 19.1. The van der Waals surface area contributed by atoms with Gasteiger partial charge in [0.25, 0.3) is 0 Å². The number of hydrogen-bond acceptors (Lipinski definition) is 2. The summed E-state index contributed by atoms with van der Waals surface area (Å²) >= 11 is 0. The van der Waals surface area contributed by atoms with Gasteiger partial charge < -0.3 is 9.64 Å². The molecule has 0 fully saturated rings. The summed E-state index contributed by atoms with van der Waals surface area (Å²) in [5.74, 6) is 1.68. The van der Waals surface area contributed by atoms with Crippen molar-refractivity contribution in [2.75, 3.05) is 4.90 Å². The number of benzene rings is 9. The van der Waals surface area contributed by atoms with Crippen molar-refractivity contribution in [3.8, 4) is 78.3 Å². The smallest absolute Gasteiger partial charge is 0.143 e. The minimum atomic E-state index is 0.818. The highest BCUT2D eigenvalue weighted by molar-refractivity contribution is 6.00. The Balaban J connectivity index is 1.12. The van der Waals surface area contributed by atoms with Crippen LogP contribution in [0.5, 0.6) is 11.5 Å². The van der Waals surface area contributed by atoms with Crippen LogP contribution >= 0.6 is 0 Å². The molecule has 1 aliphatic heterocycles. The summed E-state index contributed by atoms with van der Waals surface area (Å²) in [5.41, 5.74) is 16.9. The SMILES string of the molecule is c1ccc(-c2ccc(-c3ccc(N(c4ccc(-c5ccccc5)cc4)c4cccc5c4-c4ccccc4-c4cccc(-c6ccccc6)c4O5)cc3)cc2)cc1. The van der Waals surface area contributed by atoms with E-state index in [9.17, 15) is 0 Å². The summed E-state index contributed by atoms with van der Waals surface area (Å²) in [4.78, 5) is 2.37. The van der Waals surface area contributed by atoms with Crippen LogP contribution in [-0.2, 0) is 0 Å². The fourth-order valence-electron chi connectivity index (χ4n) is 7.96. The van der Waals surface area contributed by atoms with Gasteiger partial charge >= 0.3 is 0 Å². The molecular weight excluding hydrogens is 679 g/mol. The van der Waals surface area contributed by atoms with Crippen molar-refractivity contribution >= 4 is 17.1 Å². The van der Waals surface area contributed by atoms with Gasteiger partial charge in [-0.05, 0) is 86.5 Å². The van der Waals surface area contributed by atoms with E-state index in [1.165, 1.54) is 27.8 Å². The Morgan fingerprint density at radius 1 is 0.268 bits per heavy atom. The van der Waals surface area contributed by atoms with E-state index in [-0.39, 0.29) is 0 Å². The average molecular weight is 716 g/mol. The number of ether oxygens (including phenoxy) is 1. The summed E-state index contributed by atoms with van der Waals surface area (Å²) in [5, 5.41) is 0. The maximum atomic E-state index is 7.10. The van der Waals surface area contributed by atoms with Crippen molar-refractivity contribution in [1.82, 2.24) is 0 Å². The summed E-state index contributed by atoms with van der Waals surface area (Å²) in [6.45, 7) is 0. The molecule has 0 spiro atoms. The minimum absolute atomic E-state index is 0.818. The molecule has 0 unspecified atom stereocenters. The highest BCUT2D eigenvalue weighted by atomic mass is 16.5. The second kappa shape index (κ2) is 14.4. The van der Waals surface area contributed by atoms with Gasteiger partial charge in [-0.1, -0.05) is 188 Å². The molecule has 0 saturated heterocycles. The van der Waals surface area contributed by atoms with E-state index in [4.69, 9.17) is 4.74 Å². The second-order valence-corrected chi connectivity index (χ2v) is 14.1. The average Bonchev–Trinajstić information content (AvgIpc) is 3.43. The van der Waals surface area contributed by atoms with Crippen LogP contribution in [0.1, 0.15) is 0 Å². The number of nitrogens with zero attached hydrogens (tertiary/aromatic N) is 1. The summed E-state index contributed by atoms with van der Waals surface area (Å²) in [7, 11) is 0. The molecule has 0 aliphatic carbocycles. The molecule has 2 nitrogen and oxygen atoms in total. The first-order chi connectivity index (χ1) is 27.8. The van der Waals surface area contributed by atoms with Crippen LogP contribution in [-0.4, -0.2) is 0 Å². The van der Waals surface area contributed by atoms with Gasteiger partial charge in [0.1, 0.15) is 11.5 Å². The molecule has 0 aromatic heterocycles. The zero-order valence-corrected chi connectivity index (χ0v) is 30.7. The van der Waals surface area contributed by atoms with E-state index in [0.29, 0.717) is 0 Å². The van der Waals surface area contributed by atoms with Gasteiger partial charge in [0.15, 0.2) is 0 Å². The lowest BCUT2D eigenvalue weighted by Crippen LogP contribution is -2.11. The Labute approximate surface area is 328 Å². The van der Waals surface area contributed by atoms with Crippen molar-refractivity contribution in [3.63, 3.8) is 0 Å². The first kappa shape index (κ1) is 33.2. The largest absolute Gasteiger partial charge is 0.455 e. The zero-order chi connectivity index (χ0) is 37.3. The monoisotopic (exact) mass is 715 g/mol. The maximum absolute atomic E-state index is 7.10. The van der Waals surface area contributed by atoms with Gasteiger partial charge in [-0.15, -0.1) is 0 Å². The molecule has 0 radical (unpaired) electrons. The van der Waals surface area contributed by atoms with E-state index < -0.39 is 0 Å². The van der Waals surface area contributed by atoms with E-state index >= 15 is 0 Å². The lowest BCUT2D eigenvalue weighted by Gasteiger charge is -2.29. The number of anilines is 3. The first-order valence-corrected chi connectivity index (χ1v) is 19.1. The minimum Gasteiger partial charge on any atom is -0.455 e. The Morgan fingerprint density at radius 2 is 0.661 bits per heavy atom. The van der Waals surface area contributed by atoms with Gasteiger partial charge in [0.2, 0.25) is 0 Å². The zero-order valence-electron chi connectivity index (χ0n) is 30.7. The van der Waals surface area contributed by atoms with Crippen molar-refractivity contribution in [2.45, 2.75) is 0 Å². The maximum Gasteiger partial charge on any atom is 0.143 e. The van der Waals surface area contributed by atoms with E-state index in [0.717, 1.165) is 67.5 Å². The molecule has 0 saturated carbocycles. The Hall–Kier alpha value is -7.42. The van der Waals surface area contributed by atoms with Gasteiger partial charge in [0, 0.05) is 28.1 Å².